The van der Waals surface area contributed by atoms with Crippen LogP contribution in [0.5, 0.6) is 5.75 Å². The molecule has 0 spiro atoms. The van der Waals surface area contributed by atoms with E-state index in [1.54, 1.807) is 31.2 Å². The molecule has 0 saturated carbocycles. The second kappa shape index (κ2) is 6.98. The van der Waals surface area contributed by atoms with Crippen molar-refractivity contribution in [2.75, 3.05) is 0 Å². The summed E-state index contributed by atoms with van der Waals surface area (Å²) in [5, 5.41) is 18.9. The minimum atomic E-state index is -0.689. The molecule has 0 bridgehead atoms. The van der Waals surface area contributed by atoms with Gasteiger partial charge >= 0.3 is 5.97 Å². The number of hydrogen-bond acceptors (Lipinski definition) is 5. The van der Waals surface area contributed by atoms with Crippen LogP contribution in [-0.4, -0.2) is 22.5 Å². The molecule has 1 unspecified atom stereocenters. The lowest BCUT2D eigenvalue weighted by atomic mass is 10.1. The molecule has 0 heterocycles. The first-order chi connectivity index (χ1) is 10.6. The number of benzene rings is 2. The average Bonchev–Trinajstić information content (AvgIpc) is 2.54. The third kappa shape index (κ3) is 3.39. The van der Waals surface area contributed by atoms with Crippen molar-refractivity contribution in [1.82, 2.24) is 0 Å². The summed E-state index contributed by atoms with van der Waals surface area (Å²) in [5.41, 5.74) is 1.38. The molecule has 0 radical (unpaired) electrons. The minimum Gasteiger partial charge on any atom is -0.423 e. The van der Waals surface area contributed by atoms with Gasteiger partial charge in [-0.25, -0.2) is 4.79 Å². The van der Waals surface area contributed by atoms with Crippen LogP contribution in [0.1, 0.15) is 44.9 Å². The van der Waals surface area contributed by atoms with E-state index in [0.717, 1.165) is 0 Å². The Labute approximate surface area is 127 Å². The molecule has 2 aromatic carbocycles. The van der Waals surface area contributed by atoms with Crippen molar-refractivity contribution in [3.8, 4) is 5.75 Å². The van der Waals surface area contributed by atoms with Gasteiger partial charge in [-0.2, -0.15) is 0 Å². The fraction of sp³-hybridized carbons (Fsp3) is 0.176. The van der Waals surface area contributed by atoms with Crippen LogP contribution in [0.25, 0.3) is 0 Å². The van der Waals surface area contributed by atoms with Crippen LogP contribution in [-0.2, 0) is 6.61 Å². The smallest absolute Gasteiger partial charge is 0.344 e. The number of carbonyl (C=O) groups excluding carboxylic acids is 2. The molecule has 22 heavy (non-hydrogen) atoms. The Morgan fingerprint density at radius 2 is 2.00 bits per heavy atom. The summed E-state index contributed by atoms with van der Waals surface area (Å²) < 4.78 is 5.26. The highest BCUT2D eigenvalue weighted by Crippen LogP contribution is 2.24. The standard InChI is InChI=1S/C17H16O5/c1-11(20)12-6-7-16(14(8-12)10-19)22-17(21)15-5-3-2-4-13(15)9-18/h2-9,11,19-20H,10H2,1H3. The van der Waals surface area contributed by atoms with Crippen LogP contribution < -0.4 is 4.74 Å². The van der Waals surface area contributed by atoms with E-state index >= 15 is 0 Å². The highest BCUT2D eigenvalue weighted by atomic mass is 16.5. The van der Waals surface area contributed by atoms with Crippen LogP contribution in [0, 0.1) is 0 Å². The topological polar surface area (TPSA) is 83.8 Å². The van der Waals surface area contributed by atoms with Gasteiger partial charge in [0.15, 0.2) is 6.29 Å². The summed E-state index contributed by atoms with van der Waals surface area (Å²) in [6, 6.07) is 11.0. The van der Waals surface area contributed by atoms with E-state index in [9.17, 15) is 19.8 Å². The summed E-state index contributed by atoms with van der Waals surface area (Å²) in [6.45, 7) is 1.26. The number of aldehydes is 1. The summed E-state index contributed by atoms with van der Waals surface area (Å²) in [7, 11) is 0. The zero-order valence-corrected chi connectivity index (χ0v) is 12.0. The van der Waals surface area contributed by atoms with Crippen molar-refractivity contribution >= 4 is 12.3 Å². The summed E-state index contributed by atoms with van der Waals surface area (Å²) in [6.07, 6.45) is -0.106. The van der Waals surface area contributed by atoms with Gasteiger partial charge < -0.3 is 14.9 Å². The lowest BCUT2D eigenvalue weighted by molar-refractivity contribution is 0.0728. The Balaban J connectivity index is 2.30. The Morgan fingerprint density at radius 1 is 1.27 bits per heavy atom. The van der Waals surface area contributed by atoms with Gasteiger partial charge in [0.25, 0.3) is 0 Å². The number of carbonyl (C=O) groups is 2. The summed E-state index contributed by atoms with van der Waals surface area (Å²) in [4.78, 5) is 23.1. The maximum Gasteiger partial charge on any atom is 0.344 e. The van der Waals surface area contributed by atoms with E-state index in [4.69, 9.17) is 4.74 Å². The Kier molecular flexibility index (Phi) is 5.04. The van der Waals surface area contributed by atoms with E-state index < -0.39 is 12.1 Å². The predicted molar refractivity (Wildman–Crippen MR) is 79.8 cm³/mol. The third-order valence-electron chi connectivity index (χ3n) is 3.25. The fourth-order valence-electron chi connectivity index (χ4n) is 2.02. The van der Waals surface area contributed by atoms with E-state index in [0.29, 0.717) is 17.4 Å². The first-order valence-corrected chi connectivity index (χ1v) is 6.75. The molecule has 0 aromatic heterocycles. The third-order valence-corrected chi connectivity index (χ3v) is 3.25. The molecule has 0 aliphatic rings. The van der Waals surface area contributed by atoms with Crippen LogP contribution >= 0.6 is 0 Å². The fourth-order valence-corrected chi connectivity index (χ4v) is 2.02. The highest BCUT2D eigenvalue weighted by Gasteiger charge is 2.15. The van der Waals surface area contributed by atoms with Crippen LogP contribution in [0.4, 0.5) is 0 Å². The SMILES string of the molecule is CC(O)c1ccc(OC(=O)c2ccccc2C=O)c(CO)c1. The highest BCUT2D eigenvalue weighted by molar-refractivity contribution is 5.99. The molecule has 2 rings (SSSR count). The maximum absolute atomic E-state index is 12.2. The molecular formula is C17H16O5. The van der Waals surface area contributed by atoms with Gasteiger partial charge in [0.1, 0.15) is 5.75 Å². The van der Waals surface area contributed by atoms with Gasteiger partial charge in [-0.15, -0.1) is 0 Å². The molecule has 2 aromatic rings. The molecule has 114 valence electrons. The van der Waals surface area contributed by atoms with Crippen molar-refractivity contribution < 1.29 is 24.5 Å². The zero-order chi connectivity index (χ0) is 16.1. The van der Waals surface area contributed by atoms with Gasteiger partial charge in [-0.1, -0.05) is 24.3 Å². The number of aliphatic hydroxyl groups excluding tert-OH is 2. The maximum atomic E-state index is 12.2. The molecule has 0 amide bonds. The quantitative estimate of drug-likeness (QED) is 0.503. The lowest BCUT2D eigenvalue weighted by Crippen LogP contribution is -2.12. The van der Waals surface area contributed by atoms with Crippen molar-refractivity contribution in [1.29, 1.82) is 0 Å². The molecule has 0 aliphatic carbocycles. The normalized spacial score (nSPS) is 11.8. The Morgan fingerprint density at radius 3 is 2.64 bits per heavy atom. The van der Waals surface area contributed by atoms with Crippen molar-refractivity contribution in [2.24, 2.45) is 0 Å². The second-order valence-electron chi connectivity index (χ2n) is 4.80. The number of hydrogen-bond donors (Lipinski definition) is 2. The van der Waals surface area contributed by atoms with Crippen molar-refractivity contribution in [3.63, 3.8) is 0 Å². The average molecular weight is 300 g/mol. The summed E-state index contributed by atoms with van der Waals surface area (Å²) >= 11 is 0. The number of rotatable bonds is 5. The van der Waals surface area contributed by atoms with E-state index in [-0.39, 0.29) is 23.5 Å². The van der Waals surface area contributed by atoms with E-state index in [1.165, 1.54) is 18.2 Å². The Bertz CT molecular complexity index is 691. The molecule has 5 heteroatoms. The number of ether oxygens (including phenoxy) is 1. The molecule has 0 aliphatic heterocycles. The van der Waals surface area contributed by atoms with Gasteiger partial charge in [0, 0.05) is 11.1 Å². The molecular weight excluding hydrogens is 284 g/mol. The van der Waals surface area contributed by atoms with Gasteiger partial charge in [0.05, 0.1) is 18.3 Å². The first-order valence-electron chi connectivity index (χ1n) is 6.75. The molecule has 1 atom stereocenters. The van der Waals surface area contributed by atoms with Gasteiger partial charge in [-0.05, 0) is 30.7 Å². The van der Waals surface area contributed by atoms with E-state index in [1.807, 2.05) is 0 Å². The Hall–Kier alpha value is -2.50. The van der Waals surface area contributed by atoms with Crippen LogP contribution in [0.2, 0.25) is 0 Å². The molecule has 5 nitrogen and oxygen atoms in total. The second-order valence-corrected chi connectivity index (χ2v) is 4.80. The first kappa shape index (κ1) is 15.9. The molecule has 2 N–H and O–H groups in total. The van der Waals surface area contributed by atoms with Crippen LogP contribution in [0.15, 0.2) is 42.5 Å². The minimum absolute atomic E-state index is 0.154. The zero-order valence-electron chi connectivity index (χ0n) is 12.0. The van der Waals surface area contributed by atoms with Crippen LogP contribution in [0.3, 0.4) is 0 Å². The van der Waals surface area contributed by atoms with Gasteiger partial charge in [-0.3, -0.25) is 4.79 Å². The predicted octanol–water partition coefficient (Wildman–Crippen LogP) is 2.26. The monoisotopic (exact) mass is 300 g/mol. The number of aliphatic hydroxyl groups is 2. The largest absolute Gasteiger partial charge is 0.423 e. The van der Waals surface area contributed by atoms with Crippen molar-refractivity contribution in [3.05, 3.63) is 64.7 Å². The van der Waals surface area contributed by atoms with E-state index in [2.05, 4.69) is 0 Å². The molecule has 0 fully saturated rings. The van der Waals surface area contributed by atoms with Crippen molar-refractivity contribution in [2.45, 2.75) is 19.6 Å². The number of esters is 1. The van der Waals surface area contributed by atoms with Gasteiger partial charge in [0.2, 0.25) is 0 Å². The molecule has 0 saturated heterocycles. The lowest BCUT2D eigenvalue weighted by Gasteiger charge is -2.12. The summed E-state index contributed by atoms with van der Waals surface area (Å²) in [5.74, 6) is -0.486.